The molecule has 0 aliphatic rings. The molecule has 0 N–H and O–H groups in total. The SMILES string of the molecule is CC(C)(C)OOC(=O)[C]=O. The smallest absolute Gasteiger partial charge is 0.288 e. The van der Waals surface area contributed by atoms with Crippen molar-refractivity contribution in [2.75, 3.05) is 0 Å². The van der Waals surface area contributed by atoms with Gasteiger partial charge in [0.15, 0.2) is 0 Å². The summed E-state index contributed by atoms with van der Waals surface area (Å²) in [7, 11) is 0. The number of hydrogen-bond acceptors (Lipinski definition) is 4. The molecule has 0 atom stereocenters. The molecule has 0 saturated heterocycles. The van der Waals surface area contributed by atoms with E-state index in [9.17, 15) is 9.59 Å². The van der Waals surface area contributed by atoms with Crippen LogP contribution in [0.15, 0.2) is 0 Å². The molecular weight excluding hydrogens is 136 g/mol. The van der Waals surface area contributed by atoms with Crippen LogP contribution in [0, 0.1) is 0 Å². The molecule has 0 heterocycles. The van der Waals surface area contributed by atoms with E-state index in [0.29, 0.717) is 0 Å². The summed E-state index contributed by atoms with van der Waals surface area (Å²) < 4.78 is 0. The maximum Gasteiger partial charge on any atom is 0.417 e. The number of hydrogen-bond donors (Lipinski definition) is 0. The monoisotopic (exact) mass is 145 g/mol. The lowest BCUT2D eigenvalue weighted by molar-refractivity contribution is -0.315. The average Bonchev–Trinajstić information content (AvgIpc) is 1.81. The third kappa shape index (κ3) is 5.24. The van der Waals surface area contributed by atoms with Gasteiger partial charge in [-0.1, -0.05) is 0 Å². The highest BCUT2D eigenvalue weighted by Crippen LogP contribution is 2.06. The summed E-state index contributed by atoms with van der Waals surface area (Å²) in [5.41, 5.74) is -0.591. The highest BCUT2D eigenvalue weighted by atomic mass is 17.2. The predicted molar refractivity (Wildman–Crippen MR) is 32.6 cm³/mol. The summed E-state index contributed by atoms with van der Waals surface area (Å²) >= 11 is 0. The van der Waals surface area contributed by atoms with Crippen LogP contribution in [0.4, 0.5) is 0 Å². The minimum absolute atomic E-state index is 0.591. The van der Waals surface area contributed by atoms with Crippen molar-refractivity contribution in [3.05, 3.63) is 0 Å². The Balaban J connectivity index is 3.55. The zero-order chi connectivity index (χ0) is 8.20. The third-order valence-electron chi connectivity index (χ3n) is 0.451. The normalized spacial score (nSPS) is 10.7. The highest BCUT2D eigenvalue weighted by Gasteiger charge is 2.14. The first-order chi connectivity index (χ1) is 4.45. The van der Waals surface area contributed by atoms with E-state index in [0.717, 1.165) is 6.29 Å². The zero-order valence-corrected chi connectivity index (χ0v) is 6.13. The fourth-order valence-corrected chi connectivity index (χ4v) is 0.180. The van der Waals surface area contributed by atoms with Crippen molar-refractivity contribution in [3.8, 4) is 0 Å². The number of rotatable bonds is 2. The first-order valence-corrected chi connectivity index (χ1v) is 2.73. The number of carbonyl (C=O) groups is 1. The van der Waals surface area contributed by atoms with E-state index in [1.165, 1.54) is 0 Å². The Morgan fingerprint density at radius 3 is 2.20 bits per heavy atom. The van der Waals surface area contributed by atoms with Crippen molar-refractivity contribution < 1.29 is 19.4 Å². The molecule has 10 heavy (non-hydrogen) atoms. The van der Waals surface area contributed by atoms with Gasteiger partial charge < -0.3 is 0 Å². The van der Waals surface area contributed by atoms with E-state index in [1.54, 1.807) is 20.8 Å². The van der Waals surface area contributed by atoms with Crippen molar-refractivity contribution in [1.29, 1.82) is 0 Å². The zero-order valence-electron chi connectivity index (χ0n) is 6.13. The Kier molecular flexibility index (Phi) is 3.02. The fraction of sp³-hybridized carbons (Fsp3) is 0.667. The standard InChI is InChI=1S/C6H9O4/c1-6(2,3)10-9-5(8)4-7/h1-3H3. The van der Waals surface area contributed by atoms with Gasteiger partial charge in [0.25, 0.3) is 0 Å². The van der Waals surface area contributed by atoms with Gasteiger partial charge in [-0.15, -0.1) is 0 Å². The van der Waals surface area contributed by atoms with Gasteiger partial charge in [-0.05, 0) is 20.8 Å². The van der Waals surface area contributed by atoms with E-state index >= 15 is 0 Å². The summed E-state index contributed by atoms with van der Waals surface area (Å²) in [5.74, 6) is -1.14. The lowest BCUT2D eigenvalue weighted by Gasteiger charge is -2.14. The summed E-state index contributed by atoms with van der Waals surface area (Å²) in [6, 6.07) is 0. The lowest BCUT2D eigenvalue weighted by Crippen LogP contribution is -2.22. The van der Waals surface area contributed by atoms with Gasteiger partial charge in [-0.25, -0.2) is 4.79 Å². The average molecular weight is 145 g/mol. The van der Waals surface area contributed by atoms with Gasteiger partial charge in [0.1, 0.15) is 5.60 Å². The third-order valence-corrected chi connectivity index (χ3v) is 0.451. The molecule has 0 aromatic carbocycles. The Hall–Kier alpha value is -0.900. The topological polar surface area (TPSA) is 52.6 Å². The molecule has 57 valence electrons. The molecule has 1 radical (unpaired) electrons. The Morgan fingerprint density at radius 1 is 1.40 bits per heavy atom. The molecule has 0 aliphatic carbocycles. The fourth-order valence-electron chi connectivity index (χ4n) is 0.180. The van der Waals surface area contributed by atoms with Crippen molar-refractivity contribution in [2.45, 2.75) is 26.4 Å². The van der Waals surface area contributed by atoms with Crippen LogP contribution in [0.25, 0.3) is 0 Å². The van der Waals surface area contributed by atoms with E-state index in [-0.39, 0.29) is 0 Å². The molecule has 0 bridgehead atoms. The molecule has 0 unspecified atom stereocenters. The van der Waals surface area contributed by atoms with Crippen LogP contribution in [0.2, 0.25) is 0 Å². The van der Waals surface area contributed by atoms with Crippen LogP contribution in [0.3, 0.4) is 0 Å². The maximum atomic E-state index is 10.1. The van der Waals surface area contributed by atoms with Crippen molar-refractivity contribution >= 4 is 12.3 Å². The van der Waals surface area contributed by atoms with Crippen LogP contribution in [-0.4, -0.2) is 17.9 Å². The maximum absolute atomic E-state index is 10.1. The molecule has 0 aromatic heterocycles. The van der Waals surface area contributed by atoms with Crippen LogP contribution in [0.5, 0.6) is 0 Å². The van der Waals surface area contributed by atoms with E-state index < -0.39 is 11.6 Å². The van der Waals surface area contributed by atoms with Crippen molar-refractivity contribution in [1.82, 2.24) is 0 Å². The largest absolute Gasteiger partial charge is 0.417 e. The van der Waals surface area contributed by atoms with E-state index in [1.807, 2.05) is 0 Å². The minimum Gasteiger partial charge on any atom is -0.288 e. The van der Waals surface area contributed by atoms with Crippen molar-refractivity contribution in [2.24, 2.45) is 0 Å². The quantitative estimate of drug-likeness (QED) is 0.320. The second-order valence-electron chi connectivity index (χ2n) is 2.67. The molecule has 0 fully saturated rings. The number of carbonyl (C=O) groups excluding carboxylic acids is 2. The molecule has 0 amide bonds. The molecule has 4 nitrogen and oxygen atoms in total. The Bertz CT molecular complexity index is 133. The molecule has 0 spiro atoms. The van der Waals surface area contributed by atoms with Gasteiger partial charge in [0.2, 0.25) is 0 Å². The molecule has 0 saturated carbocycles. The lowest BCUT2D eigenvalue weighted by atomic mass is 10.2. The summed E-state index contributed by atoms with van der Waals surface area (Å²) in [5, 5.41) is 0. The van der Waals surface area contributed by atoms with Crippen LogP contribution < -0.4 is 0 Å². The predicted octanol–water partition coefficient (Wildman–Crippen LogP) is 0.369. The summed E-state index contributed by atoms with van der Waals surface area (Å²) in [4.78, 5) is 28.1. The first kappa shape index (κ1) is 9.10. The second kappa shape index (κ2) is 3.31. The Labute approximate surface area is 59.0 Å². The molecule has 0 rings (SSSR count). The van der Waals surface area contributed by atoms with Crippen LogP contribution in [0.1, 0.15) is 20.8 Å². The van der Waals surface area contributed by atoms with Crippen LogP contribution >= 0.6 is 0 Å². The van der Waals surface area contributed by atoms with Gasteiger partial charge >= 0.3 is 12.3 Å². The minimum atomic E-state index is -1.14. The van der Waals surface area contributed by atoms with Gasteiger partial charge in [0.05, 0.1) is 0 Å². The highest BCUT2D eigenvalue weighted by molar-refractivity contribution is 6.20. The molecule has 4 heteroatoms. The Morgan fingerprint density at radius 2 is 1.90 bits per heavy atom. The van der Waals surface area contributed by atoms with Crippen LogP contribution in [-0.2, 0) is 19.4 Å². The van der Waals surface area contributed by atoms with E-state index in [2.05, 4.69) is 9.78 Å². The molecule has 0 aliphatic heterocycles. The van der Waals surface area contributed by atoms with Gasteiger partial charge in [-0.2, -0.15) is 4.89 Å². The molecule has 0 aromatic rings. The van der Waals surface area contributed by atoms with Gasteiger partial charge in [0, 0.05) is 0 Å². The summed E-state index contributed by atoms with van der Waals surface area (Å²) in [6.45, 7) is 5.06. The van der Waals surface area contributed by atoms with E-state index in [4.69, 9.17) is 0 Å². The summed E-state index contributed by atoms with van der Waals surface area (Å²) in [6.07, 6.45) is 1.00. The second-order valence-corrected chi connectivity index (χ2v) is 2.67. The van der Waals surface area contributed by atoms with Crippen molar-refractivity contribution in [3.63, 3.8) is 0 Å². The molecular formula is C6H9O4. The van der Waals surface area contributed by atoms with Gasteiger partial charge in [-0.3, -0.25) is 9.68 Å². The first-order valence-electron chi connectivity index (χ1n) is 2.73.